The number of hydrogen-bond acceptors (Lipinski definition) is 3. The predicted molar refractivity (Wildman–Crippen MR) is 71.4 cm³/mol. The number of halogens is 2. The summed E-state index contributed by atoms with van der Waals surface area (Å²) in [6, 6.07) is 3.50. The third kappa shape index (κ3) is 4.23. The Balaban J connectivity index is 2.91. The SMILES string of the molecule is CCOC(C(C)C)C(Cc1c(F)cccc1F)NN. The van der Waals surface area contributed by atoms with Gasteiger partial charge in [-0.15, -0.1) is 0 Å². The molecule has 0 saturated carbocycles. The van der Waals surface area contributed by atoms with Crippen molar-refractivity contribution in [2.24, 2.45) is 11.8 Å². The van der Waals surface area contributed by atoms with Gasteiger partial charge in [-0.25, -0.2) is 8.78 Å². The fourth-order valence-corrected chi connectivity index (χ4v) is 2.18. The van der Waals surface area contributed by atoms with Gasteiger partial charge in [0.05, 0.1) is 12.1 Å². The molecule has 0 heterocycles. The molecule has 1 rings (SSSR count). The second kappa shape index (κ2) is 7.53. The highest BCUT2D eigenvalue weighted by Gasteiger charge is 2.26. The summed E-state index contributed by atoms with van der Waals surface area (Å²) >= 11 is 0. The van der Waals surface area contributed by atoms with Gasteiger partial charge in [0.25, 0.3) is 0 Å². The van der Waals surface area contributed by atoms with Crippen molar-refractivity contribution in [1.82, 2.24) is 5.43 Å². The molecule has 2 unspecified atom stereocenters. The minimum Gasteiger partial charge on any atom is -0.377 e. The number of rotatable bonds is 7. The number of hydrogen-bond donors (Lipinski definition) is 2. The van der Waals surface area contributed by atoms with Crippen molar-refractivity contribution < 1.29 is 13.5 Å². The number of ether oxygens (including phenoxy) is 1. The monoisotopic (exact) mass is 272 g/mol. The molecule has 5 heteroatoms. The van der Waals surface area contributed by atoms with E-state index in [1.807, 2.05) is 20.8 Å². The van der Waals surface area contributed by atoms with Crippen molar-refractivity contribution in [3.8, 4) is 0 Å². The normalized spacial score (nSPS) is 14.7. The minimum absolute atomic E-state index is 0.0378. The molecular formula is C14H22F2N2O. The average molecular weight is 272 g/mol. The van der Waals surface area contributed by atoms with Gasteiger partial charge in [-0.05, 0) is 31.4 Å². The first-order valence-corrected chi connectivity index (χ1v) is 6.51. The van der Waals surface area contributed by atoms with Crippen LogP contribution in [0.4, 0.5) is 8.78 Å². The fourth-order valence-electron chi connectivity index (χ4n) is 2.18. The van der Waals surface area contributed by atoms with E-state index in [1.54, 1.807) is 0 Å². The molecule has 0 saturated heterocycles. The number of hydrazine groups is 1. The van der Waals surface area contributed by atoms with Crippen LogP contribution < -0.4 is 11.3 Å². The topological polar surface area (TPSA) is 47.3 Å². The molecule has 3 N–H and O–H groups in total. The molecule has 0 aliphatic carbocycles. The Morgan fingerprint density at radius 1 is 1.26 bits per heavy atom. The molecule has 0 radical (unpaired) electrons. The van der Waals surface area contributed by atoms with E-state index in [-0.39, 0.29) is 30.0 Å². The average Bonchev–Trinajstić information content (AvgIpc) is 2.36. The lowest BCUT2D eigenvalue weighted by atomic mass is 9.94. The van der Waals surface area contributed by atoms with Gasteiger partial charge < -0.3 is 4.74 Å². The largest absolute Gasteiger partial charge is 0.377 e. The third-order valence-corrected chi connectivity index (χ3v) is 3.11. The fraction of sp³-hybridized carbons (Fsp3) is 0.571. The molecule has 0 aliphatic rings. The molecular weight excluding hydrogens is 250 g/mol. The summed E-state index contributed by atoms with van der Waals surface area (Å²) in [5.41, 5.74) is 2.65. The molecule has 0 aromatic heterocycles. The van der Waals surface area contributed by atoms with Gasteiger partial charge in [-0.1, -0.05) is 19.9 Å². The van der Waals surface area contributed by atoms with Crippen LogP contribution in [0.5, 0.6) is 0 Å². The van der Waals surface area contributed by atoms with Crippen molar-refractivity contribution in [3.05, 3.63) is 35.4 Å². The third-order valence-electron chi connectivity index (χ3n) is 3.11. The van der Waals surface area contributed by atoms with E-state index < -0.39 is 11.6 Å². The predicted octanol–water partition coefficient (Wildman–Crippen LogP) is 2.40. The number of nitrogens with two attached hydrogens (primary N) is 1. The van der Waals surface area contributed by atoms with Crippen LogP contribution in [0.15, 0.2) is 18.2 Å². The first kappa shape index (κ1) is 16.0. The number of nitrogens with one attached hydrogen (secondary N) is 1. The summed E-state index contributed by atoms with van der Waals surface area (Å²) in [6.45, 7) is 6.39. The maximum Gasteiger partial charge on any atom is 0.129 e. The van der Waals surface area contributed by atoms with Crippen molar-refractivity contribution in [2.75, 3.05) is 6.61 Å². The molecule has 0 spiro atoms. The Hall–Kier alpha value is -1.04. The van der Waals surface area contributed by atoms with E-state index in [2.05, 4.69) is 5.43 Å². The molecule has 1 aromatic carbocycles. The highest BCUT2D eigenvalue weighted by atomic mass is 19.1. The lowest BCUT2D eigenvalue weighted by molar-refractivity contribution is 0.00321. The highest BCUT2D eigenvalue weighted by molar-refractivity contribution is 5.21. The summed E-state index contributed by atoms with van der Waals surface area (Å²) in [6.07, 6.45) is -0.0493. The second-order valence-corrected chi connectivity index (χ2v) is 4.84. The van der Waals surface area contributed by atoms with Crippen LogP contribution in [0.3, 0.4) is 0 Å². The van der Waals surface area contributed by atoms with E-state index >= 15 is 0 Å². The van der Waals surface area contributed by atoms with Gasteiger partial charge in [-0.3, -0.25) is 11.3 Å². The Morgan fingerprint density at radius 2 is 1.84 bits per heavy atom. The minimum atomic E-state index is -0.556. The smallest absolute Gasteiger partial charge is 0.129 e. The van der Waals surface area contributed by atoms with E-state index in [1.165, 1.54) is 18.2 Å². The van der Waals surface area contributed by atoms with E-state index in [0.29, 0.717) is 6.61 Å². The van der Waals surface area contributed by atoms with Crippen molar-refractivity contribution in [2.45, 2.75) is 39.3 Å². The quantitative estimate of drug-likeness (QED) is 0.592. The standard InChI is InChI=1S/C14H22F2N2O/c1-4-19-14(9(2)3)13(18-17)8-10-11(15)6-5-7-12(10)16/h5-7,9,13-14,18H,4,8,17H2,1-3H3. The molecule has 0 fully saturated rings. The first-order valence-electron chi connectivity index (χ1n) is 6.51. The Bertz CT molecular complexity index is 379. The molecule has 0 amide bonds. The van der Waals surface area contributed by atoms with Gasteiger partial charge in [0, 0.05) is 12.2 Å². The van der Waals surface area contributed by atoms with Crippen LogP contribution in [0.2, 0.25) is 0 Å². The molecule has 0 aliphatic heterocycles. The van der Waals surface area contributed by atoms with Gasteiger partial charge in [0.1, 0.15) is 11.6 Å². The van der Waals surface area contributed by atoms with Crippen LogP contribution in [0, 0.1) is 17.6 Å². The van der Waals surface area contributed by atoms with Crippen LogP contribution >= 0.6 is 0 Å². The van der Waals surface area contributed by atoms with Crippen LogP contribution in [-0.4, -0.2) is 18.8 Å². The molecule has 3 nitrogen and oxygen atoms in total. The lowest BCUT2D eigenvalue weighted by Gasteiger charge is -2.29. The summed E-state index contributed by atoms with van der Waals surface area (Å²) in [7, 11) is 0. The maximum atomic E-state index is 13.6. The van der Waals surface area contributed by atoms with Crippen LogP contribution in [0.1, 0.15) is 26.3 Å². The molecule has 2 atom stereocenters. The van der Waals surface area contributed by atoms with Gasteiger partial charge in [0.2, 0.25) is 0 Å². The Kier molecular flexibility index (Phi) is 6.34. The second-order valence-electron chi connectivity index (χ2n) is 4.84. The summed E-state index contributed by atoms with van der Waals surface area (Å²) in [4.78, 5) is 0. The van der Waals surface area contributed by atoms with Gasteiger partial charge >= 0.3 is 0 Å². The molecule has 19 heavy (non-hydrogen) atoms. The number of benzene rings is 1. The summed E-state index contributed by atoms with van der Waals surface area (Å²) < 4.78 is 32.9. The zero-order valence-electron chi connectivity index (χ0n) is 11.6. The van der Waals surface area contributed by atoms with E-state index in [9.17, 15) is 8.78 Å². The van der Waals surface area contributed by atoms with Gasteiger partial charge in [0.15, 0.2) is 0 Å². The van der Waals surface area contributed by atoms with Crippen molar-refractivity contribution in [3.63, 3.8) is 0 Å². The summed E-state index contributed by atoms with van der Waals surface area (Å²) in [5, 5.41) is 0. The van der Waals surface area contributed by atoms with Crippen LogP contribution in [-0.2, 0) is 11.2 Å². The zero-order valence-corrected chi connectivity index (χ0v) is 11.6. The zero-order chi connectivity index (χ0) is 14.4. The lowest BCUT2D eigenvalue weighted by Crippen LogP contribution is -2.49. The molecule has 0 bridgehead atoms. The summed E-state index contributed by atoms with van der Waals surface area (Å²) in [5.74, 6) is 4.59. The maximum absolute atomic E-state index is 13.6. The van der Waals surface area contributed by atoms with Crippen molar-refractivity contribution in [1.29, 1.82) is 0 Å². The first-order chi connectivity index (χ1) is 9.01. The Labute approximate surface area is 113 Å². The van der Waals surface area contributed by atoms with Crippen LogP contribution in [0.25, 0.3) is 0 Å². The van der Waals surface area contributed by atoms with Gasteiger partial charge in [-0.2, -0.15) is 0 Å². The van der Waals surface area contributed by atoms with Crippen molar-refractivity contribution >= 4 is 0 Å². The molecule has 1 aromatic rings. The highest BCUT2D eigenvalue weighted by Crippen LogP contribution is 2.19. The molecule has 108 valence electrons. The Morgan fingerprint density at radius 3 is 2.26 bits per heavy atom. The van der Waals surface area contributed by atoms with E-state index in [4.69, 9.17) is 10.6 Å². The van der Waals surface area contributed by atoms with E-state index in [0.717, 1.165) is 0 Å².